The van der Waals surface area contributed by atoms with Gasteiger partial charge in [0.15, 0.2) is 6.10 Å². The minimum atomic E-state index is -0.859. The molecule has 0 aliphatic carbocycles. The average molecular weight is 214 g/mol. The molecule has 2 unspecified atom stereocenters. The Morgan fingerprint density at radius 1 is 1.27 bits per heavy atom. The van der Waals surface area contributed by atoms with Crippen LogP contribution in [0.25, 0.3) is 0 Å². The van der Waals surface area contributed by atoms with Gasteiger partial charge in [-0.25, -0.2) is 9.59 Å². The first-order valence-electron chi connectivity index (χ1n) is 5.05. The molecule has 0 N–H and O–H groups in total. The zero-order valence-corrected chi connectivity index (χ0v) is 9.65. The number of hydrogen-bond donors (Lipinski definition) is 0. The molecule has 0 rings (SSSR count). The first kappa shape index (κ1) is 13.7. The minimum absolute atomic E-state index is 0.152. The normalized spacial score (nSPS) is 14.7. The molecule has 4 heteroatoms. The van der Waals surface area contributed by atoms with Crippen molar-refractivity contribution in [1.29, 1.82) is 0 Å². The van der Waals surface area contributed by atoms with Gasteiger partial charge in [-0.1, -0.05) is 13.0 Å². The molecule has 15 heavy (non-hydrogen) atoms. The Balaban J connectivity index is 4.04. The molecule has 0 aromatic carbocycles. The maximum atomic E-state index is 11.3. The molecule has 86 valence electrons. The second-order valence-electron chi connectivity index (χ2n) is 3.23. The number of carbonyl (C=O) groups excluding carboxylic acids is 2. The summed E-state index contributed by atoms with van der Waals surface area (Å²) in [4.78, 5) is 22.3. The van der Waals surface area contributed by atoms with Crippen LogP contribution in [-0.2, 0) is 19.1 Å². The van der Waals surface area contributed by atoms with E-state index in [9.17, 15) is 9.59 Å². The Morgan fingerprint density at radius 2 is 1.87 bits per heavy atom. The smallest absolute Gasteiger partial charge is 0.347 e. The van der Waals surface area contributed by atoms with Crippen molar-refractivity contribution in [3.8, 4) is 0 Å². The maximum Gasteiger partial charge on any atom is 0.347 e. The Kier molecular flexibility index (Phi) is 6.42. The SMILES string of the molecule is C/C=C/C(=O)OC(C)C(=O)OC(C)CC. The van der Waals surface area contributed by atoms with Crippen molar-refractivity contribution in [2.75, 3.05) is 0 Å². The fourth-order valence-electron chi connectivity index (χ4n) is 0.775. The lowest BCUT2D eigenvalue weighted by Gasteiger charge is -2.15. The molecule has 0 aromatic rings. The van der Waals surface area contributed by atoms with Gasteiger partial charge in [-0.2, -0.15) is 0 Å². The molecule has 0 saturated carbocycles. The van der Waals surface area contributed by atoms with Gasteiger partial charge in [-0.05, 0) is 27.2 Å². The van der Waals surface area contributed by atoms with E-state index in [0.29, 0.717) is 0 Å². The summed E-state index contributed by atoms with van der Waals surface area (Å²) in [6, 6.07) is 0. The van der Waals surface area contributed by atoms with Gasteiger partial charge < -0.3 is 9.47 Å². The summed E-state index contributed by atoms with van der Waals surface area (Å²) in [6.07, 6.45) is 2.53. The molecule has 0 amide bonds. The van der Waals surface area contributed by atoms with Crippen LogP contribution < -0.4 is 0 Å². The van der Waals surface area contributed by atoms with Crippen molar-refractivity contribution in [3.05, 3.63) is 12.2 Å². The second kappa shape index (κ2) is 7.04. The van der Waals surface area contributed by atoms with Gasteiger partial charge in [0.1, 0.15) is 0 Å². The lowest BCUT2D eigenvalue weighted by Crippen LogP contribution is -2.28. The predicted octanol–water partition coefficient (Wildman–Crippen LogP) is 1.84. The predicted molar refractivity (Wildman–Crippen MR) is 56.2 cm³/mol. The topological polar surface area (TPSA) is 52.6 Å². The van der Waals surface area contributed by atoms with Crippen LogP contribution in [0.2, 0.25) is 0 Å². The summed E-state index contributed by atoms with van der Waals surface area (Å²) in [7, 11) is 0. The molecular weight excluding hydrogens is 196 g/mol. The average Bonchev–Trinajstić information content (AvgIpc) is 2.17. The van der Waals surface area contributed by atoms with Crippen molar-refractivity contribution in [1.82, 2.24) is 0 Å². The van der Waals surface area contributed by atoms with Gasteiger partial charge in [0.25, 0.3) is 0 Å². The summed E-state index contributed by atoms with van der Waals surface area (Å²) < 4.78 is 9.80. The number of esters is 2. The van der Waals surface area contributed by atoms with E-state index >= 15 is 0 Å². The highest BCUT2D eigenvalue weighted by Gasteiger charge is 2.19. The van der Waals surface area contributed by atoms with Gasteiger partial charge in [-0.3, -0.25) is 0 Å². The molecule has 0 spiro atoms. The van der Waals surface area contributed by atoms with Crippen molar-refractivity contribution >= 4 is 11.9 Å². The van der Waals surface area contributed by atoms with Crippen molar-refractivity contribution < 1.29 is 19.1 Å². The summed E-state index contributed by atoms with van der Waals surface area (Å²) >= 11 is 0. The molecule has 0 heterocycles. The van der Waals surface area contributed by atoms with Crippen LogP contribution in [0, 0.1) is 0 Å². The standard InChI is InChI=1S/C11H18O4/c1-5-7-10(12)15-9(4)11(13)14-8(3)6-2/h5,7-9H,6H2,1-4H3/b7-5+. The van der Waals surface area contributed by atoms with Gasteiger partial charge in [0.05, 0.1) is 6.10 Å². The van der Waals surface area contributed by atoms with Crippen LogP contribution in [0.3, 0.4) is 0 Å². The number of allylic oxidation sites excluding steroid dienone is 1. The van der Waals surface area contributed by atoms with Crippen molar-refractivity contribution in [2.45, 2.75) is 46.3 Å². The van der Waals surface area contributed by atoms with Crippen LogP contribution in [-0.4, -0.2) is 24.1 Å². The lowest BCUT2D eigenvalue weighted by atomic mass is 10.3. The van der Waals surface area contributed by atoms with Gasteiger partial charge >= 0.3 is 11.9 Å². The number of carbonyl (C=O) groups is 2. The molecule has 2 atom stereocenters. The van der Waals surface area contributed by atoms with E-state index in [2.05, 4.69) is 0 Å². The molecule has 0 aromatic heterocycles. The van der Waals surface area contributed by atoms with Crippen LogP contribution in [0.5, 0.6) is 0 Å². The highest BCUT2D eigenvalue weighted by Crippen LogP contribution is 2.02. The highest BCUT2D eigenvalue weighted by molar-refractivity contribution is 5.85. The molecule has 0 saturated heterocycles. The largest absolute Gasteiger partial charge is 0.460 e. The second-order valence-corrected chi connectivity index (χ2v) is 3.23. The van der Waals surface area contributed by atoms with Crippen LogP contribution in [0.15, 0.2) is 12.2 Å². The summed E-state index contributed by atoms with van der Waals surface area (Å²) in [5.74, 6) is -1.05. The van der Waals surface area contributed by atoms with E-state index in [0.717, 1.165) is 6.42 Å². The van der Waals surface area contributed by atoms with E-state index in [1.807, 2.05) is 6.92 Å². The van der Waals surface area contributed by atoms with Gasteiger partial charge in [0, 0.05) is 6.08 Å². The molecule has 0 radical (unpaired) electrons. The van der Waals surface area contributed by atoms with E-state index in [-0.39, 0.29) is 6.10 Å². The summed E-state index contributed by atoms with van der Waals surface area (Å²) in [5, 5.41) is 0. The van der Waals surface area contributed by atoms with Crippen molar-refractivity contribution in [2.24, 2.45) is 0 Å². The third-order valence-electron chi connectivity index (χ3n) is 1.82. The molecule has 0 fully saturated rings. The van der Waals surface area contributed by atoms with E-state index in [4.69, 9.17) is 9.47 Å². The monoisotopic (exact) mass is 214 g/mol. The molecular formula is C11H18O4. The first-order valence-corrected chi connectivity index (χ1v) is 5.05. The van der Waals surface area contributed by atoms with E-state index < -0.39 is 18.0 Å². The highest BCUT2D eigenvalue weighted by atomic mass is 16.6. The van der Waals surface area contributed by atoms with E-state index in [1.54, 1.807) is 19.9 Å². The lowest BCUT2D eigenvalue weighted by molar-refractivity contribution is -0.167. The third-order valence-corrected chi connectivity index (χ3v) is 1.82. The number of ether oxygens (including phenoxy) is 2. The molecule has 0 bridgehead atoms. The van der Waals surface area contributed by atoms with Gasteiger partial charge in [-0.15, -0.1) is 0 Å². The van der Waals surface area contributed by atoms with Crippen molar-refractivity contribution in [3.63, 3.8) is 0 Å². The van der Waals surface area contributed by atoms with Crippen LogP contribution in [0.4, 0.5) is 0 Å². The number of hydrogen-bond acceptors (Lipinski definition) is 4. The van der Waals surface area contributed by atoms with Crippen LogP contribution >= 0.6 is 0 Å². The molecule has 0 aliphatic rings. The van der Waals surface area contributed by atoms with Gasteiger partial charge in [0.2, 0.25) is 0 Å². The first-order chi connectivity index (χ1) is 7.01. The Labute approximate surface area is 90.2 Å². The molecule has 0 aliphatic heterocycles. The Bertz CT molecular complexity index is 245. The third kappa shape index (κ3) is 5.88. The Morgan fingerprint density at radius 3 is 2.33 bits per heavy atom. The van der Waals surface area contributed by atoms with Crippen LogP contribution in [0.1, 0.15) is 34.1 Å². The quantitative estimate of drug-likeness (QED) is 0.517. The fraction of sp³-hybridized carbons (Fsp3) is 0.636. The zero-order valence-electron chi connectivity index (χ0n) is 9.65. The molecule has 4 nitrogen and oxygen atoms in total. The maximum absolute atomic E-state index is 11.3. The Hall–Kier alpha value is -1.32. The zero-order chi connectivity index (χ0) is 11.8. The summed E-state index contributed by atoms with van der Waals surface area (Å²) in [5.41, 5.74) is 0. The minimum Gasteiger partial charge on any atom is -0.460 e. The summed E-state index contributed by atoms with van der Waals surface area (Å²) in [6.45, 7) is 6.89. The fourth-order valence-corrected chi connectivity index (χ4v) is 0.775. The number of rotatable bonds is 5. The van der Waals surface area contributed by atoms with E-state index in [1.165, 1.54) is 13.0 Å².